The summed E-state index contributed by atoms with van der Waals surface area (Å²) >= 11 is 0. The number of aromatic nitrogens is 3. The van der Waals surface area contributed by atoms with Crippen LogP contribution in [0.5, 0.6) is 0 Å². The van der Waals surface area contributed by atoms with E-state index in [1.807, 2.05) is 29.8 Å². The quantitative estimate of drug-likeness (QED) is 0.661. The first-order valence-corrected chi connectivity index (χ1v) is 10.2. The van der Waals surface area contributed by atoms with Crippen LogP contribution < -0.4 is 10.2 Å². The van der Waals surface area contributed by atoms with Crippen LogP contribution in [0.25, 0.3) is 5.69 Å². The first-order valence-electron chi connectivity index (χ1n) is 10.2. The molecule has 0 aliphatic carbocycles. The Kier molecular flexibility index (Phi) is 5.61. The summed E-state index contributed by atoms with van der Waals surface area (Å²) in [4.78, 5) is 29.8. The number of nitrogens with zero attached hydrogens (tertiary/aromatic N) is 4. The Balaban J connectivity index is 1.53. The molecule has 1 N–H and O–H groups in total. The van der Waals surface area contributed by atoms with Crippen LogP contribution in [-0.4, -0.2) is 33.6 Å². The molecule has 0 saturated heterocycles. The number of nitrogens with one attached hydrogen (secondary N) is 1. The highest BCUT2D eigenvalue weighted by Crippen LogP contribution is 2.29. The lowest BCUT2D eigenvalue weighted by Crippen LogP contribution is -2.43. The van der Waals surface area contributed by atoms with Gasteiger partial charge in [-0.15, -0.1) is 0 Å². The van der Waals surface area contributed by atoms with Gasteiger partial charge in [-0.3, -0.25) is 9.88 Å². The van der Waals surface area contributed by atoms with Crippen LogP contribution in [-0.2, 0) is 17.6 Å². The zero-order valence-electron chi connectivity index (χ0n) is 17.2. The molecule has 0 saturated carbocycles. The minimum Gasteiger partial charge on any atom is -0.331 e. The van der Waals surface area contributed by atoms with Crippen molar-refractivity contribution in [2.45, 2.75) is 39.2 Å². The number of carbonyl (C=O) groups excluding carboxylic acids is 2. The van der Waals surface area contributed by atoms with Crippen LogP contribution in [0.4, 0.5) is 10.5 Å². The summed E-state index contributed by atoms with van der Waals surface area (Å²) in [6, 6.07) is 9.73. The summed E-state index contributed by atoms with van der Waals surface area (Å²) in [5.74, 6) is 0. The van der Waals surface area contributed by atoms with E-state index >= 15 is 0 Å². The fourth-order valence-electron chi connectivity index (χ4n) is 3.77. The number of rotatable bonds is 5. The number of benzene rings is 1. The molecule has 0 spiro atoms. The van der Waals surface area contributed by atoms with E-state index in [2.05, 4.69) is 34.5 Å². The summed E-state index contributed by atoms with van der Waals surface area (Å²) in [6.07, 6.45) is 8.08. The molecule has 2 amide bonds. The SMILES string of the molecule is Cc1ccc(-n2ncc3c2CCCN3C(=O)NC(C)c2cncc(CC=O)c2)cc1. The van der Waals surface area contributed by atoms with Gasteiger partial charge in [0.1, 0.15) is 6.29 Å². The van der Waals surface area contributed by atoms with E-state index in [9.17, 15) is 9.59 Å². The van der Waals surface area contributed by atoms with Gasteiger partial charge in [-0.1, -0.05) is 23.8 Å². The summed E-state index contributed by atoms with van der Waals surface area (Å²) in [5, 5.41) is 7.61. The minimum absolute atomic E-state index is 0.160. The van der Waals surface area contributed by atoms with Crippen molar-refractivity contribution >= 4 is 18.0 Å². The van der Waals surface area contributed by atoms with Gasteiger partial charge in [-0.25, -0.2) is 9.48 Å². The van der Waals surface area contributed by atoms with Crippen molar-refractivity contribution < 1.29 is 9.59 Å². The Hall–Kier alpha value is -3.48. The number of carbonyl (C=O) groups is 2. The molecule has 1 unspecified atom stereocenters. The van der Waals surface area contributed by atoms with Crippen LogP contribution in [0.1, 0.15) is 41.8 Å². The second kappa shape index (κ2) is 8.49. The molecule has 4 rings (SSSR count). The Labute approximate surface area is 175 Å². The fourth-order valence-corrected chi connectivity index (χ4v) is 3.77. The monoisotopic (exact) mass is 403 g/mol. The molecule has 30 heavy (non-hydrogen) atoms. The van der Waals surface area contributed by atoms with Crippen molar-refractivity contribution in [1.29, 1.82) is 0 Å². The molecular weight excluding hydrogens is 378 g/mol. The molecule has 0 bridgehead atoms. The number of hydrogen-bond acceptors (Lipinski definition) is 4. The highest BCUT2D eigenvalue weighted by atomic mass is 16.2. The predicted molar refractivity (Wildman–Crippen MR) is 115 cm³/mol. The maximum absolute atomic E-state index is 13.0. The van der Waals surface area contributed by atoms with Gasteiger partial charge in [-0.2, -0.15) is 5.10 Å². The van der Waals surface area contributed by atoms with Gasteiger partial charge in [-0.05, 0) is 49.9 Å². The van der Waals surface area contributed by atoms with Crippen molar-refractivity contribution in [3.05, 3.63) is 71.3 Å². The highest BCUT2D eigenvalue weighted by molar-refractivity contribution is 5.93. The number of urea groups is 1. The number of pyridine rings is 1. The summed E-state index contributed by atoms with van der Waals surface area (Å²) in [5.41, 5.74) is 5.79. The van der Waals surface area contributed by atoms with Crippen LogP contribution >= 0.6 is 0 Å². The zero-order chi connectivity index (χ0) is 21.1. The van der Waals surface area contributed by atoms with Crippen molar-refractivity contribution in [2.24, 2.45) is 0 Å². The fraction of sp³-hybridized carbons (Fsp3) is 0.304. The highest BCUT2D eigenvalue weighted by Gasteiger charge is 2.27. The Morgan fingerprint density at radius 3 is 2.80 bits per heavy atom. The molecule has 7 heteroatoms. The summed E-state index contributed by atoms with van der Waals surface area (Å²) in [7, 11) is 0. The average molecular weight is 403 g/mol. The van der Waals surface area contributed by atoms with Gasteiger partial charge >= 0.3 is 6.03 Å². The molecule has 1 aliphatic rings. The lowest BCUT2D eigenvalue weighted by molar-refractivity contribution is -0.107. The number of amides is 2. The molecule has 7 nitrogen and oxygen atoms in total. The minimum atomic E-state index is -0.228. The molecule has 3 heterocycles. The molecule has 1 atom stereocenters. The number of aldehydes is 1. The first-order chi connectivity index (χ1) is 14.6. The molecule has 1 aromatic carbocycles. The van der Waals surface area contributed by atoms with Crippen molar-refractivity contribution in [3.8, 4) is 5.69 Å². The topological polar surface area (TPSA) is 80.1 Å². The predicted octanol–water partition coefficient (Wildman–Crippen LogP) is 3.54. The van der Waals surface area contributed by atoms with E-state index in [0.717, 1.165) is 47.3 Å². The molecule has 154 valence electrons. The van der Waals surface area contributed by atoms with Crippen molar-refractivity contribution in [2.75, 3.05) is 11.4 Å². The van der Waals surface area contributed by atoms with E-state index in [4.69, 9.17) is 0 Å². The normalized spacial score (nSPS) is 14.1. The van der Waals surface area contributed by atoms with Gasteiger partial charge in [0.15, 0.2) is 0 Å². The van der Waals surface area contributed by atoms with Gasteiger partial charge in [0.25, 0.3) is 0 Å². The van der Waals surface area contributed by atoms with Gasteiger partial charge in [0.2, 0.25) is 0 Å². The molecular formula is C23H25N5O2. The van der Waals surface area contributed by atoms with E-state index in [1.54, 1.807) is 23.5 Å². The van der Waals surface area contributed by atoms with Crippen LogP contribution in [0.15, 0.2) is 48.9 Å². The van der Waals surface area contributed by atoms with E-state index < -0.39 is 0 Å². The molecule has 0 radical (unpaired) electrons. The Bertz CT molecular complexity index is 1060. The Morgan fingerprint density at radius 1 is 1.23 bits per heavy atom. The van der Waals surface area contributed by atoms with Crippen LogP contribution in [0.3, 0.4) is 0 Å². The third-order valence-electron chi connectivity index (χ3n) is 5.43. The first kappa shape index (κ1) is 19.8. The standard InChI is InChI=1S/C23H25N5O2/c1-16-5-7-20(8-6-16)28-21-4-3-10-27(22(21)15-25-28)23(30)26-17(2)19-12-18(9-11-29)13-24-14-19/h5-8,11-15,17H,3-4,9-10H2,1-2H3,(H,26,30). The second-order valence-corrected chi connectivity index (χ2v) is 7.65. The maximum Gasteiger partial charge on any atom is 0.322 e. The van der Waals surface area contributed by atoms with Gasteiger partial charge in [0, 0.05) is 25.4 Å². The molecule has 0 fully saturated rings. The Morgan fingerprint density at radius 2 is 2.03 bits per heavy atom. The molecule has 1 aliphatic heterocycles. The number of hydrogen-bond donors (Lipinski definition) is 1. The lowest BCUT2D eigenvalue weighted by Gasteiger charge is -2.29. The van der Waals surface area contributed by atoms with Crippen LogP contribution in [0, 0.1) is 6.92 Å². The molecule has 3 aromatic rings. The third-order valence-corrected chi connectivity index (χ3v) is 5.43. The van der Waals surface area contributed by atoms with E-state index in [1.165, 1.54) is 5.56 Å². The lowest BCUT2D eigenvalue weighted by atomic mass is 10.1. The van der Waals surface area contributed by atoms with Crippen molar-refractivity contribution in [3.63, 3.8) is 0 Å². The largest absolute Gasteiger partial charge is 0.331 e. The van der Waals surface area contributed by atoms with Gasteiger partial charge < -0.3 is 10.1 Å². The van der Waals surface area contributed by atoms with E-state index in [-0.39, 0.29) is 12.1 Å². The average Bonchev–Trinajstić information content (AvgIpc) is 3.19. The second-order valence-electron chi connectivity index (χ2n) is 7.65. The third kappa shape index (κ3) is 3.96. The number of fused-ring (bicyclic) bond motifs is 1. The maximum atomic E-state index is 13.0. The zero-order valence-corrected chi connectivity index (χ0v) is 17.2. The van der Waals surface area contributed by atoms with Crippen LogP contribution in [0.2, 0.25) is 0 Å². The smallest absolute Gasteiger partial charge is 0.322 e. The van der Waals surface area contributed by atoms with E-state index in [0.29, 0.717) is 13.0 Å². The van der Waals surface area contributed by atoms with Crippen molar-refractivity contribution in [1.82, 2.24) is 20.1 Å². The summed E-state index contributed by atoms with van der Waals surface area (Å²) in [6.45, 7) is 4.62. The number of aryl methyl sites for hydroxylation is 1. The number of anilines is 1. The molecule has 2 aromatic heterocycles. The van der Waals surface area contributed by atoms with Gasteiger partial charge in [0.05, 0.1) is 29.3 Å². The summed E-state index contributed by atoms with van der Waals surface area (Å²) < 4.78 is 1.92.